The molecule has 5 aromatic rings. The number of thioether (sulfide) groups is 1. The van der Waals surface area contributed by atoms with E-state index in [-0.39, 0.29) is 29.6 Å². The molecule has 3 atom stereocenters. The smallest absolute Gasteiger partial charge is 0.206 e. The maximum Gasteiger partial charge on any atom is 0.206 e. The first kappa shape index (κ1) is 50.6. The normalized spacial score (nSPS) is 16.2. The molecule has 1 aromatic heterocycles. The van der Waals surface area contributed by atoms with Gasteiger partial charge < -0.3 is 31.6 Å². The number of halogens is 1. The lowest BCUT2D eigenvalue weighted by atomic mass is 10.1. The number of ketones is 2. The second kappa shape index (κ2) is 25.9. The van der Waals surface area contributed by atoms with Gasteiger partial charge in [0.25, 0.3) is 0 Å². The standard InChI is InChI=1S/C23H26N4O2S.C15H23N4OPS2.C9H9BrO/c1-3-27-12-11-19(14-27)29-18-9-7-17(8-10-18)25-23-26-22(24)21(30-23)20(28)16-6-4-5-15(2)13-16;1-2-19-8-7-13(9-19)20-12-5-3-11(4-6-12)17-15(22)18-14(16)23-10-21;1-7-3-2-4-8(5-7)9(11)6-10/h4-10,13,19H,3,11-12,14,24H2,1-2H3,(H,25,26);3-6,13H,2,7-10,21H2,1H3,(H3,16,17,18,22);2-5H,6H2,1H3. The van der Waals surface area contributed by atoms with Gasteiger partial charge in [-0.2, -0.15) is 4.99 Å². The number of thiazole rings is 1. The predicted molar refractivity (Wildman–Crippen MR) is 279 cm³/mol. The summed E-state index contributed by atoms with van der Waals surface area (Å²) in [7, 11) is 2.58. The van der Waals surface area contributed by atoms with Crippen molar-refractivity contribution < 1.29 is 19.1 Å². The molecule has 340 valence electrons. The van der Waals surface area contributed by atoms with Crippen molar-refractivity contribution in [2.45, 2.75) is 52.7 Å². The van der Waals surface area contributed by atoms with Gasteiger partial charge in [0.15, 0.2) is 21.2 Å². The van der Waals surface area contributed by atoms with E-state index in [1.807, 2.05) is 105 Å². The molecule has 3 heterocycles. The van der Waals surface area contributed by atoms with Crippen LogP contribution in [-0.4, -0.2) is 98.9 Å². The monoisotopic (exact) mass is 1000 g/mol. The number of aromatic nitrogens is 1. The molecule has 64 heavy (non-hydrogen) atoms. The molecule has 3 unspecified atom stereocenters. The number of thiocarbonyl (C=S) groups is 1. The van der Waals surface area contributed by atoms with Crippen LogP contribution in [0, 0.1) is 13.8 Å². The topological polar surface area (TPSA) is 160 Å². The van der Waals surface area contributed by atoms with Crippen LogP contribution in [-0.2, 0) is 0 Å². The number of nitrogens with two attached hydrogens (primary N) is 2. The number of carbonyl (C=O) groups is 2. The zero-order valence-electron chi connectivity index (χ0n) is 36.7. The molecule has 7 rings (SSSR count). The number of nitrogens with zero attached hydrogens (tertiary/aromatic N) is 4. The minimum Gasteiger partial charge on any atom is -0.489 e. The molecule has 0 aliphatic carbocycles. The van der Waals surface area contributed by atoms with E-state index in [0.29, 0.717) is 31.2 Å². The molecule has 2 fully saturated rings. The number of nitrogens with one attached hydrogen (secondary N) is 2. The van der Waals surface area contributed by atoms with E-state index in [1.54, 1.807) is 6.07 Å². The summed E-state index contributed by atoms with van der Waals surface area (Å²) >= 11 is 11.0. The fraction of sp³-hybridized carbons (Fsp3) is 0.340. The number of carbonyl (C=O) groups excluding carboxylic acids is 2. The van der Waals surface area contributed by atoms with Crippen molar-refractivity contribution >= 4 is 105 Å². The Balaban J connectivity index is 0.000000200. The van der Waals surface area contributed by atoms with Gasteiger partial charge in [0.05, 0.1) is 5.33 Å². The van der Waals surface area contributed by atoms with Crippen molar-refractivity contribution in [1.82, 2.24) is 14.8 Å². The van der Waals surface area contributed by atoms with Crippen LogP contribution in [0.15, 0.2) is 102 Å². The lowest BCUT2D eigenvalue weighted by Gasteiger charge is -2.15. The summed E-state index contributed by atoms with van der Waals surface area (Å²) in [5.74, 6) is 2.01. The quantitative estimate of drug-likeness (QED) is 0.0208. The molecule has 4 aromatic carbocycles. The molecule has 2 aliphatic heterocycles. The highest BCUT2D eigenvalue weighted by atomic mass is 79.9. The first-order valence-electron chi connectivity index (χ1n) is 21.1. The first-order chi connectivity index (χ1) is 30.8. The van der Waals surface area contributed by atoms with Gasteiger partial charge in [0.1, 0.15) is 34.4 Å². The molecule has 0 bridgehead atoms. The van der Waals surface area contributed by atoms with Gasteiger partial charge in [-0.25, -0.2) is 4.98 Å². The number of alkyl halides is 1. The van der Waals surface area contributed by atoms with Gasteiger partial charge in [0, 0.05) is 54.2 Å². The van der Waals surface area contributed by atoms with Gasteiger partial charge in [-0.05, 0) is 113 Å². The fourth-order valence-corrected chi connectivity index (χ4v) is 9.14. The average molecular weight is 1010 g/mol. The summed E-state index contributed by atoms with van der Waals surface area (Å²) in [6.07, 6.45) is 2.67. The van der Waals surface area contributed by atoms with Crippen molar-refractivity contribution in [2.24, 2.45) is 10.7 Å². The van der Waals surface area contributed by atoms with Crippen molar-refractivity contribution in [1.29, 1.82) is 0 Å². The Hall–Kier alpha value is -4.41. The van der Waals surface area contributed by atoms with Crippen LogP contribution < -0.4 is 31.6 Å². The lowest BCUT2D eigenvalue weighted by molar-refractivity contribution is 0.102. The van der Waals surface area contributed by atoms with E-state index >= 15 is 0 Å². The molecule has 2 saturated heterocycles. The number of rotatable bonds is 14. The van der Waals surface area contributed by atoms with Gasteiger partial charge in [-0.15, -0.1) is 9.24 Å². The largest absolute Gasteiger partial charge is 0.489 e. The van der Waals surface area contributed by atoms with Crippen molar-refractivity contribution in [3.05, 3.63) is 124 Å². The Morgan fingerprint density at radius 2 is 1.41 bits per heavy atom. The molecule has 0 radical (unpaired) electrons. The lowest BCUT2D eigenvalue weighted by Crippen LogP contribution is -2.24. The van der Waals surface area contributed by atoms with Crippen LogP contribution in [0.4, 0.5) is 22.3 Å². The molecule has 0 saturated carbocycles. The summed E-state index contributed by atoms with van der Waals surface area (Å²) in [6, 6.07) is 30.6. The van der Waals surface area contributed by atoms with Gasteiger partial charge in [-0.3, -0.25) is 19.4 Å². The highest BCUT2D eigenvalue weighted by Crippen LogP contribution is 2.31. The van der Waals surface area contributed by atoms with E-state index in [9.17, 15) is 9.59 Å². The van der Waals surface area contributed by atoms with Crippen LogP contribution in [0.3, 0.4) is 0 Å². The number of hydrogen-bond acceptors (Lipinski definition) is 12. The number of likely N-dealkylation sites (tertiary alicyclic amines) is 2. The second-order valence-electron chi connectivity index (χ2n) is 15.1. The minimum absolute atomic E-state index is 0.108. The molecule has 12 nitrogen and oxygen atoms in total. The number of likely N-dealkylation sites (N-methyl/N-ethyl adjacent to an activating group) is 2. The number of Topliss-reactive ketones (excluding diaryl/α,β-unsaturated/α-hetero) is 1. The average Bonchev–Trinajstić information content (AvgIpc) is 4.05. The predicted octanol–water partition coefficient (Wildman–Crippen LogP) is 9.79. The van der Waals surface area contributed by atoms with Gasteiger partial charge in [-0.1, -0.05) is 100 Å². The highest BCUT2D eigenvalue weighted by Gasteiger charge is 2.24. The Morgan fingerprint density at radius 1 is 0.875 bits per heavy atom. The third-order valence-corrected chi connectivity index (χ3v) is 13.0. The summed E-state index contributed by atoms with van der Waals surface area (Å²) in [6.45, 7) is 14.6. The highest BCUT2D eigenvalue weighted by molar-refractivity contribution is 9.09. The Labute approximate surface area is 401 Å². The van der Waals surface area contributed by atoms with E-state index in [2.05, 4.69) is 69.4 Å². The molecular formula is C47H58BrN8O4PS3. The van der Waals surface area contributed by atoms with Crippen molar-refractivity contribution in [3.8, 4) is 11.5 Å². The van der Waals surface area contributed by atoms with Crippen molar-refractivity contribution in [3.63, 3.8) is 0 Å². The van der Waals surface area contributed by atoms with E-state index < -0.39 is 0 Å². The number of benzene rings is 4. The third kappa shape index (κ3) is 16.2. The summed E-state index contributed by atoms with van der Waals surface area (Å²) < 4.78 is 12.1. The number of aryl methyl sites for hydroxylation is 2. The van der Waals surface area contributed by atoms with Gasteiger partial charge in [0.2, 0.25) is 5.78 Å². The molecule has 6 N–H and O–H groups in total. The van der Waals surface area contributed by atoms with Crippen molar-refractivity contribution in [2.75, 3.05) is 66.5 Å². The summed E-state index contributed by atoms with van der Waals surface area (Å²) in [5, 5.41) is 8.08. The van der Waals surface area contributed by atoms with E-state index in [1.165, 1.54) is 23.1 Å². The zero-order chi connectivity index (χ0) is 46.0. The number of anilines is 4. The van der Waals surface area contributed by atoms with E-state index in [4.69, 9.17) is 33.2 Å². The number of aliphatic imine (C=N–C) groups is 1. The molecule has 17 heteroatoms. The Morgan fingerprint density at radius 3 is 1.91 bits per heavy atom. The Bertz CT molecular complexity index is 2330. The number of ether oxygens (including phenoxy) is 2. The first-order valence-corrected chi connectivity index (χ1v) is 25.3. The summed E-state index contributed by atoms with van der Waals surface area (Å²) in [4.78, 5) is 37.6. The summed E-state index contributed by atoms with van der Waals surface area (Å²) in [5.41, 5.74) is 17.8. The second-order valence-corrected chi connectivity index (χ2v) is 19.1. The third-order valence-electron chi connectivity index (χ3n) is 10.2. The van der Waals surface area contributed by atoms with Crippen LogP contribution in [0.5, 0.6) is 11.5 Å². The fourth-order valence-electron chi connectivity index (χ4n) is 6.83. The van der Waals surface area contributed by atoms with Crippen LogP contribution in [0.25, 0.3) is 0 Å². The maximum atomic E-state index is 12.8. The molecular weight excluding hydrogens is 948 g/mol. The van der Waals surface area contributed by atoms with Crippen LogP contribution in [0.2, 0.25) is 0 Å². The number of nitrogen functional groups attached to an aromatic ring is 1. The molecule has 2 aliphatic rings. The van der Waals surface area contributed by atoms with Crippen LogP contribution >= 0.6 is 60.5 Å². The molecule has 0 amide bonds. The minimum atomic E-state index is -0.108. The number of hydrogen-bond donors (Lipinski definition) is 4. The number of amidine groups is 1. The molecule has 0 spiro atoms. The van der Waals surface area contributed by atoms with Crippen LogP contribution in [0.1, 0.15) is 63.4 Å². The SMILES string of the molecule is CCN1CCC(Oc2ccc(NC(=S)N=C(N)SCP)cc2)C1.CCN1CCC(Oc2ccc(Nc3nc(N)c(C(=O)c4cccc(C)c4)s3)cc2)C1.Cc1cccc(C(=O)CBr)c1. The maximum absolute atomic E-state index is 12.8. The zero-order valence-corrected chi connectivity index (χ0v) is 41.9. The Kier molecular flexibility index (Phi) is 20.5. The van der Waals surface area contributed by atoms with Gasteiger partial charge >= 0.3 is 0 Å². The van der Waals surface area contributed by atoms with E-state index in [0.717, 1.165) is 97.2 Å².